The molecule has 0 fully saturated rings. The van der Waals surface area contributed by atoms with Gasteiger partial charge in [-0.1, -0.05) is 63.8 Å². The van der Waals surface area contributed by atoms with Gasteiger partial charge >= 0.3 is 0 Å². The first-order chi connectivity index (χ1) is 18.4. The van der Waals surface area contributed by atoms with Crippen LogP contribution < -0.4 is 9.47 Å². The molecule has 0 bridgehead atoms. The maximum atomic E-state index is 13.4. The van der Waals surface area contributed by atoms with E-state index >= 15 is 0 Å². The summed E-state index contributed by atoms with van der Waals surface area (Å²) in [5.74, 6) is -0.372. The molecule has 6 heteroatoms. The second-order valence-corrected chi connectivity index (χ2v) is 9.45. The zero-order valence-electron chi connectivity index (χ0n) is 22.0. The number of ketones is 2. The number of hydrogen-bond donors (Lipinski definition) is 2. The Labute approximate surface area is 223 Å². The van der Waals surface area contributed by atoms with Crippen molar-refractivity contribution in [3.63, 3.8) is 0 Å². The lowest BCUT2D eigenvalue weighted by atomic mass is 9.83. The average Bonchev–Trinajstić information content (AvgIpc) is 2.93. The summed E-state index contributed by atoms with van der Waals surface area (Å²) in [6.07, 6.45) is 7.58. The second kappa shape index (κ2) is 12.5. The van der Waals surface area contributed by atoms with Crippen molar-refractivity contribution in [2.45, 2.75) is 52.4 Å². The largest absolute Gasteiger partial charge is 0.507 e. The van der Waals surface area contributed by atoms with Crippen molar-refractivity contribution in [1.82, 2.24) is 0 Å². The Kier molecular flexibility index (Phi) is 8.85. The zero-order valence-corrected chi connectivity index (χ0v) is 22.0. The van der Waals surface area contributed by atoms with E-state index in [1.807, 2.05) is 0 Å². The van der Waals surface area contributed by atoms with Crippen LogP contribution in [0.5, 0.6) is 23.0 Å². The van der Waals surface area contributed by atoms with Gasteiger partial charge in [-0.3, -0.25) is 9.59 Å². The predicted molar refractivity (Wildman–Crippen MR) is 148 cm³/mol. The lowest BCUT2D eigenvalue weighted by Gasteiger charge is -2.20. The molecule has 3 aromatic rings. The molecule has 0 aliphatic heterocycles. The summed E-state index contributed by atoms with van der Waals surface area (Å²) in [6, 6.07) is 15.3. The van der Waals surface area contributed by atoms with Crippen molar-refractivity contribution >= 4 is 17.1 Å². The number of unbranched alkanes of at least 4 members (excludes halogenated alkanes) is 4. The molecule has 0 saturated heterocycles. The topological polar surface area (TPSA) is 93.1 Å². The minimum atomic E-state index is -0.542. The monoisotopic (exact) mass is 514 g/mol. The molecule has 6 nitrogen and oxygen atoms in total. The summed E-state index contributed by atoms with van der Waals surface area (Å²) in [7, 11) is 0. The van der Waals surface area contributed by atoms with E-state index in [0.717, 1.165) is 38.5 Å². The van der Waals surface area contributed by atoms with Crippen LogP contribution in [0.15, 0.2) is 60.7 Å². The van der Waals surface area contributed by atoms with E-state index in [4.69, 9.17) is 9.47 Å². The third-order valence-corrected chi connectivity index (χ3v) is 6.64. The third-order valence-electron chi connectivity index (χ3n) is 6.64. The van der Waals surface area contributed by atoms with Crippen molar-refractivity contribution in [3.05, 3.63) is 77.4 Å². The molecule has 0 spiro atoms. The number of carbonyl (C=O) groups excluding carboxylic acids is 2. The van der Waals surface area contributed by atoms with Gasteiger partial charge in [0, 0.05) is 11.1 Å². The highest BCUT2D eigenvalue weighted by atomic mass is 16.5. The van der Waals surface area contributed by atoms with Gasteiger partial charge < -0.3 is 19.7 Å². The van der Waals surface area contributed by atoms with Crippen LogP contribution in [0.4, 0.5) is 0 Å². The van der Waals surface area contributed by atoms with Gasteiger partial charge in [0.25, 0.3) is 0 Å². The van der Waals surface area contributed by atoms with Gasteiger partial charge in [0.1, 0.15) is 23.0 Å². The third kappa shape index (κ3) is 5.91. The number of allylic oxidation sites excluding steroid dienone is 2. The number of hydrogen-bond acceptors (Lipinski definition) is 6. The molecule has 198 valence electrons. The maximum absolute atomic E-state index is 13.4. The smallest absolute Gasteiger partial charge is 0.198 e. The van der Waals surface area contributed by atoms with Crippen LogP contribution in [0.3, 0.4) is 0 Å². The van der Waals surface area contributed by atoms with Crippen molar-refractivity contribution in [2.24, 2.45) is 0 Å². The Balaban J connectivity index is 1.56. The van der Waals surface area contributed by atoms with Gasteiger partial charge in [-0.05, 0) is 60.4 Å². The van der Waals surface area contributed by atoms with Crippen LogP contribution >= 0.6 is 0 Å². The van der Waals surface area contributed by atoms with Crippen LogP contribution in [0.1, 0.15) is 78.7 Å². The SMILES string of the molecule is CCCCCOc1ccc(C2=CC(=O)c3c(O)c(-c4ccc(OCCCCC)cc4)cc(O)c3C2=O)cc1. The van der Waals surface area contributed by atoms with Crippen molar-refractivity contribution in [2.75, 3.05) is 13.2 Å². The Morgan fingerprint density at radius 1 is 0.684 bits per heavy atom. The zero-order chi connectivity index (χ0) is 27.1. The van der Waals surface area contributed by atoms with E-state index in [9.17, 15) is 19.8 Å². The minimum absolute atomic E-state index is 0.159. The number of rotatable bonds is 12. The number of Topliss-reactive ketones (excluding diaryl/α,β-unsaturated/α-hetero) is 1. The molecule has 0 radical (unpaired) electrons. The molecular formula is C32H34O6. The first kappa shape index (κ1) is 27.0. The van der Waals surface area contributed by atoms with Crippen molar-refractivity contribution < 1.29 is 29.3 Å². The Bertz CT molecular complexity index is 1320. The molecule has 3 aromatic carbocycles. The van der Waals surface area contributed by atoms with Crippen molar-refractivity contribution in [1.29, 1.82) is 0 Å². The number of phenolic OH excluding ortho intramolecular Hbond substituents is 2. The summed E-state index contributed by atoms with van der Waals surface area (Å²) >= 11 is 0. The van der Waals surface area contributed by atoms with Crippen LogP contribution in [0.25, 0.3) is 16.7 Å². The highest BCUT2D eigenvalue weighted by Gasteiger charge is 2.33. The van der Waals surface area contributed by atoms with Crippen molar-refractivity contribution in [3.8, 4) is 34.1 Å². The number of fused-ring (bicyclic) bond motifs is 1. The van der Waals surface area contributed by atoms with Crippen LogP contribution in [-0.4, -0.2) is 35.0 Å². The van der Waals surface area contributed by atoms with E-state index in [1.54, 1.807) is 48.5 Å². The quantitative estimate of drug-likeness (QED) is 0.194. The van der Waals surface area contributed by atoms with E-state index in [2.05, 4.69) is 13.8 Å². The highest BCUT2D eigenvalue weighted by molar-refractivity contribution is 6.40. The Morgan fingerprint density at radius 3 is 1.74 bits per heavy atom. The first-order valence-electron chi connectivity index (χ1n) is 13.3. The lowest BCUT2D eigenvalue weighted by molar-refractivity contribution is 0.0997. The molecular weight excluding hydrogens is 480 g/mol. The molecule has 0 heterocycles. The fourth-order valence-corrected chi connectivity index (χ4v) is 4.51. The Morgan fingerprint density at radius 2 is 1.21 bits per heavy atom. The predicted octanol–water partition coefficient (Wildman–Crippen LogP) is 7.37. The van der Waals surface area contributed by atoms with E-state index in [0.29, 0.717) is 35.8 Å². The fourth-order valence-electron chi connectivity index (χ4n) is 4.51. The fraction of sp³-hybridized carbons (Fsp3) is 0.312. The first-order valence-corrected chi connectivity index (χ1v) is 13.3. The average molecular weight is 515 g/mol. The summed E-state index contributed by atoms with van der Waals surface area (Å²) in [5, 5.41) is 21.8. The molecule has 4 rings (SSSR count). The number of carbonyl (C=O) groups is 2. The van der Waals surface area contributed by atoms with Gasteiger partial charge in [-0.15, -0.1) is 0 Å². The lowest BCUT2D eigenvalue weighted by Crippen LogP contribution is -2.17. The normalized spacial score (nSPS) is 12.7. The van der Waals surface area contributed by atoms with E-state index < -0.39 is 11.6 Å². The summed E-state index contributed by atoms with van der Waals surface area (Å²) in [5.41, 5.74) is 1.17. The number of benzene rings is 3. The molecule has 38 heavy (non-hydrogen) atoms. The summed E-state index contributed by atoms with van der Waals surface area (Å²) in [6.45, 7) is 5.50. The molecule has 0 unspecified atom stereocenters. The van der Waals surface area contributed by atoms with Gasteiger partial charge in [-0.2, -0.15) is 0 Å². The van der Waals surface area contributed by atoms with Gasteiger partial charge in [0.2, 0.25) is 0 Å². The second-order valence-electron chi connectivity index (χ2n) is 9.45. The summed E-state index contributed by atoms with van der Waals surface area (Å²) in [4.78, 5) is 26.5. The molecule has 0 atom stereocenters. The van der Waals surface area contributed by atoms with Gasteiger partial charge in [-0.25, -0.2) is 0 Å². The molecule has 0 amide bonds. The number of aromatic hydroxyl groups is 2. The minimum Gasteiger partial charge on any atom is -0.507 e. The molecule has 0 saturated carbocycles. The van der Waals surface area contributed by atoms with Crippen LogP contribution in [0, 0.1) is 0 Å². The highest BCUT2D eigenvalue weighted by Crippen LogP contribution is 2.43. The van der Waals surface area contributed by atoms with E-state index in [1.165, 1.54) is 12.1 Å². The van der Waals surface area contributed by atoms with Crippen LogP contribution in [-0.2, 0) is 0 Å². The van der Waals surface area contributed by atoms with Gasteiger partial charge in [0.15, 0.2) is 11.6 Å². The van der Waals surface area contributed by atoms with Gasteiger partial charge in [0.05, 0.1) is 24.3 Å². The molecule has 1 aliphatic rings. The maximum Gasteiger partial charge on any atom is 0.198 e. The molecule has 2 N–H and O–H groups in total. The molecule has 1 aliphatic carbocycles. The molecule has 0 aromatic heterocycles. The van der Waals surface area contributed by atoms with Crippen LogP contribution in [0.2, 0.25) is 0 Å². The summed E-state index contributed by atoms with van der Waals surface area (Å²) < 4.78 is 11.5. The Hall–Kier alpha value is -4.06. The van der Waals surface area contributed by atoms with E-state index in [-0.39, 0.29) is 33.8 Å². The number of phenols is 2. The standard InChI is InChI=1S/C32H34O6/c1-3-5-7-17-37-23-13-9-21(10-14-23)25-19-27(33)30-29(31(25)35)28(34)20-26(32(30)36)22-11-15-24(16-12-22)38-18-8-6-4-2/h9-16,19-20,33,35H,3-8,17-18H2,1-2H3. The number of ether oxygens (including phenoxy) is 2.